The quantitative estimate of drug-likeness (QED) is 0.725. The van der Waals surface area contributed by atoms with Gasteiger partial charge in [-0.05, 0) is 46.5 Å². The first kappa shape index (κ1) is 13.8. The molecule has 2 unspecified atom stereocenters. The lowest BCUT2D eigenvalue weighted by atomic mass is 9.93. The lowest BCUT2D eigenvalue weighted by molar-refractivity contribution is -0.138. The highest BCUT2D eigenvalue weighted by Gasteiger charge is 2.47. The van der Waals surface area contributed by atoms with Crippen molar-refractivity contribution in [3.63, 3.8) is 0 Å². The summed E-state index contributed by atoms with van der Waals surface area (Å²) in [5.41, 5.74) is -0.538. The molecule has 4 nitrogen and oxygen atoms in total. The van der Waals surface area contributed by atoms with E-state index in [9.17, 15) is 9.35 Å². The van der Waals surface area contributed by atoms with Crippen LogP contribution in [0.3, 0.4) is 0 Å². The number of rotatable bonds is 5. The number of aliphatic carboxylic acids is 1. The molecule has 0 amide bonds. The van der Waals surface area contributed by atoms with Gasteiger partial charge < -0.3 is 9.66 Å². The Morgan fingerprint density at radius 3 is 2.25 bits per heavy atom. The summed E-state index contributed by atoms with van der Waals surface area (Å²) in [6.45, 7) is 7.50. The molecule has 2 atom stereocenters. The Kier molecular flexibility index (Phi) is 3.92. The molecule has 16 heavy (non-hydrogen) atoms. The van der Waals surface area contributed by atoms with Crippen molar-refractivity contribution in [2.24, 2.45) is 5.92 Å². The van der Waals surface area contributed by atoms with Crippen LogP contribution < -0.4 is 4.72 Å². The van der Waals surface area contributed by atoms with Crippen LogP contribution in [0.1, 0.15) is 47.0 Å². The predicted molar refractivity (Wildman–Crippen MR) is 64.4 cm³/mol. The average Bonchev–Trinajstić information content (AvgIpc) is 2.81. The van der Waals surface area contributed by atoms with Crippen LogP contribution in [0.5, 0.6) is 0 Å². The fourth-order valence-corrected chi connectivity index (χ4v) is 2.63. The summed E-state index contributed by atoms with van der Waals surface area (Å²) in [6, 6.07) is 0. The molecule has 0 aliphatic heterocycles. The van der Waals surface area contributed by atoms with E-state index in [0.29, 0.717) is 5.92 Å². The highest BCUT2D eigenvalue weighted by atomic mass is 32.2. The normalized spacial score (nSPS) is 22.6. The van der Waals surface area contributed by atoms with Crippen LogP contribution in [0.2, 0.25) is 0 Å². The minimum absolute atomic E-state index is 0.0273. The fraction of sp³-hybridized carbons (Fsp3) is 0.909. The zero-order valence-electron chi connectivity index (χ0n) is 10.4. The summed E-state index contributed by atoms with van der Waals surface area (Å²) in [4.78, 5) is 10.8. The maximum atomic E-state index is 12.0. The number of carboxylic acid groups (broad SMARTS) is 1. The second kappa shape index (κ2) is 4.55. The average molecular weight is 247 g/mol. The van der Waals surface area contributed by atoms with Crippen LogP contribution >= 0.6 is 0 Å². The molecule has 0 saturated heterocycles. The molecule has 94 valence electrons. The van der Waals surface area contributed by atoms with Crippen LogP contribution in [0, 0.1) is 5.92 Å². The summed E-state index contributed by atoms with van der Waals surface area (Å²) in [6.07, 6.45) is 2.08. The Morgan fingerprint density at radius 1 is 1.44 bits per heavy atom. The van der Waals surface area contributed by atoms with Gasteiger partial charge in [-0.25, -0.2) is 0 Å². The molecule has 1 aliphatic carbocycles. The van der Waals surface area contributed by atoms with E-state index in [2.05, 4.69) is 4.72 Å². The van der Waals surface area contributed by atoms with E-state index in [1.807, 2.05) is 27.7 Å². The molecule has 0 radical (unpaired) electrons. The van der Waals surface area contributed by atoms with Crippen molar-refractivity contribution in [3.05, 3.63) is 0 Å². The van der Waals surface area contributed by atoms with Gasteiger partial charge in [-0.2, -0.15) is 0 Å². The monoisotopic (exact) mass is 247 g/mol. The zero-order chi connectivity index (χ0) is 12.6. The molecule has 0 heterocycles. The van der Waals surface area contributed by atoms with E-state index in [0.717, 1.165) is 12.8 Å². The second-order valence-electron chi connectivity index (χ2n) is 5.75. The van der Waals surface area contributed by atoms with E-state index in [4.69, 9.17) is 5.11 Å². The molecular formula is C11H21NO3S. The summed E-state index contributed by atoms with van der Waals surface area (Å²) in [5.74, 6) is -0.497. The molecule has 1 saturated carbocycles. The van der Waals surface area contributed by atoms with Crippen LogP contribution in [0.15, 0.2) is 0 Å². The Balaban J connectivity index is 2.67. The maximum Gasteiger partial charge on any atom is 0.305 e. The second-order valence-corrected chi connectivity index (χ2v) is 7.71. The van der Waals surface area contributed by atoms with E-state index >= 15 is 0 Å². The Morgan fingerprint density at radius 2 is 1.94 bits per heavy atom. The first-order chi connectivity index (χ1) is 7.15. The van der Waals surface area contributed by atoms with Crippen LogP contribution in [-0.2, 0) is 16.2 Å². The van der Waals surface area contributed by atoms with Crippen molar-refractivity contribution in [2.45, 2.75) is 57.2 Å². The number of nitrogens with one attached hydrogen (secondary N) is 1. The molecule has 0 aromatic rings. The third-order valence-electron chi connectivity index (χ3n) is 2.88. The van der Waals surface area contributed by atoms with Crippen molar-refractivity contribution in [1.82, 2.24) is 4.72 Å². The number of hydrogen-bond acceptors (Lipinski definition) is 3. The van der Waals surface area contributed by atoms with Gasteiger partial charge in [0, 0.05) is 11.4 Å². The lowest BCUT2D eigenvalue weighted by Crippen LogP contribution is -2.54. The zero-order valence-corrected chi connectivity index (χ0v) is 11.2. The molecule has 0 aromatic heterocycles. The van der Waals surface area contributed by atoms with Gasteiger partial charge in [0.2, 0.25) is 0 Å². The van der Waals surface area contributed by atoms with Crippen molar-refractivity contribution in [3.8, 4) is 0 Å². The number of hydrogen-bond donors (Lipinski definition) is 2. The first-order valence-electron chi connectivity index (χ1n) is 5.56. The molecule has 0 aromatic carbocycles. The maximum absolute atomic E-state index is 12.0. The highest BCUT2D eigenvalue weighted by Crippen LogP contribution is 2.42. The SMILES string of the molecule is CC(CC(=O)O)(N[S+]([O-])C(C)(C)C)C1CC1. The van der Waals surface area contributed by atoms with E-state index in [-0.39, 0.29) is 11.2 Å². The van der Waals surface area contributed by atoms with E-state index in [1.165, 1.54) is 0 Å². The van der Waals surface area contributed by atoms with Crippen molar-refractivity contribution < 1.29 is 14.5 Å². The van der Waals surface area contributed by atoms with Gasteiger partial charge >= 0.3 is 5.97 Å². The predicted octanol–water partition coefficient (Wildman–Crippen LogP) is 1.68. The van der Waals surface area contributed by atoms with Gasteiger partial charge in [0.25, 0.3) is 0 Å². The topological polar surface area (TPSA) is 72.4 Å². The number of carbonyl (C=O) groups is 1. The molecular weight excluding hydrogens is 226 g/mol. The first-order valence-corrected chi connectivity index (χ1v) is 6.71. The van der Waals surface area contributed by atoms with Gasteiger partial charge in [-0.1, -0.05) is 0 Å². The molecule has 0 bridgehead atoms. The van der Waals surface area contributed by atoms with Crippen molar-refractivity contribution in [1.29, 1.82) is 0 Å². The molecule has 5 heteroatoms. The minimum atomic E-state index is -1.22. The third-order valence-corrected chi connectivity index (χ3v) is 4.64. The van der Waals surface area contributed by atoms with Gasteiger partial charge in [0.05, 0.1) is 12.0 Å². The largest absolute Gasteiger partial charge is 0.598 e. The van der Waals surface area contributed by atoms with Crippen LogP contribution in [-0.4, -0.2) is 25.9 Å². The van der Waals surface area contributed by atoms with Gasteiger partial charge in [0.15, 0.2) is 0 Å². The van der Waals surface area contributed by atoms with Crippen molar-refractivity contribution >= 4 is 17.3 Å². The fourth-order valence-electron chi connectivity index (χ4n) is 1.66. The standard InChI is InChI=1S/C11H21NO3S/c1-10(2,3)16(15)12-11(4,7-9(13)14)8-5-6-8/h8,12H,5-7H2,1-4H3,(H,13,14). The Hall–Kier alpha value is -0.260. The lowest BCUT2D eigenvalue weighted by Gasteiger charge is -2.34. The Labute approximate surface area is 100 Å². The minimum Gasteiger partial charge on any atom is -0.598 e. The summed E-state index contributed by atoms with van der Waals surface area (Å²) >= 11 is -1.22. The van der Waals surface area contributed by atoms with Gasteiger partial charge in [-0.15, -0.1) is 4.72 Å². The van der Waals surface area contributed by atoms with Crippen LogP contribution in [0.25, 0.3) is 0 Å². The van der Waals surface area contributed by atoms with E-state index < -0.39 is 22.9 Å². The smallest absolute Gasteiger partial charge is 0.305 e. The van der Waals surface area contributed by atoms with Gasteiger partial charge in [-0.3, -0.25) is 4.79 Å². The van der Waals surface area contributed by atoms with Crippen molar-refractivity contribution in [2.75, 3.05) is 0 Å². The highest BCUT2D eigenvalue weighted by molar-refractivity contribution is 7.90. The summed E-state index contributed by atoms with van der Waals surface area (Å²) in [5, 5.41) is 8.90. The number of carboxylic acids is 1. The van der Waals surface area contributed by atoms with E-state index in [1.54, 1.807) is 0 Å². The molecule has 1 aliphatic rings. The molecule has 2 N–H and O–H groups in total. The molecule has 1 rings (SSSR count). The molecule has 0 spiro atoms. The summed E-state index contributed by atoms with van der Waals surface area (Å²) in [7, 11) is 0. The summed E-state index contributed by atoms with van der Waals surface area (Å²) < 4.78 is 14.7. The molecule has 1 fully saturated rings. The van der Waals surface area contributed by atoms with Crippen LogP contribution in [0.4, 0.5) is 0 Å². The Bertz CT molecular complexity index is 273. The van der Waals surface area contributed by atoms with Gasteiger partial charge in [0.1, 0.15) is 4.75 Å². The third kappa shape index (κ3) is 3.64.